The van der Waals surface area contributed by atoms with Crippen LogP contribution in [0.2, 0.25) is 0 Å². The molecule has 0 radical (unpaired) electrons. The monoisotopic (exact) mass is 270 g/mol. The molecule has 7 nitrogen and oxygen atoms in total. The van der Waals surface area contributed by atoms with E-state index in [4.69, 9.17) is 5.11 Å². The van der Waals surface area contributed by atoms with E-state index in [1.54, 1.807) is 4.90 Å². The van der Waals surface area contributed by atoms with E-state index in [1.165, 1.54) is 0 Å². The molecule has 2 N–H and O–H groups in total. The van der Waals surface area contributed by atoms with E-state index >= 15 is 0 Å². The molecule has 2 unspecified atom stereocenters. The smallest absolute Gasteiger partial charge is 0.331 e. The Kier molecular flexibility index (Phi) is 4.26. The summed E-state index contributed by atoms with van der Waals surface area (Å²) in [7, 11) is 2.05. The maximum absolute atomic E-state index is 12.1. The molecule has 0 bridgehead atoms. The van der Waals surface area contributed by atoms with Gasteiger partial charge in [-0.1, -0.05) is 6.92 Å². The minimum atomic E-state index is -0.817. The molecule has 2 rings (SSSR count). The summed E-state index contributed by atoms with van der Waals surface area (Å²) in [5.41, 5.74) is 2.86. The first-order chi connectivity index (χ1) is 8.97. The normalized spacial score (nSPS) is 29.5. The number of carbonyl (C=O) groups excluding carboxylic acids is 1. The van der Waals surface area contributed by atoms with Crippen molar-refractivity contribution in [3.63, 3.8) is 0 Å². The fraction of sp³-hybridized carbons (Fsp3) is 0.833. The molecule has 0 aromatic rings. The molecule has 0 aliphatic carbocycles. The van der Waals surface area contributed by atoms with Crippen molar-refractivity contribution in [1.29, 1.82) is 0 Å². The first-order valence-corrected chi connectivity index (χ1v) is 6.69. The van der Waals surface area contributed by atoms with Gasteiger partial charge in [-0.05, 0) is 13.0 Å². The number of amides is 2. The zero-order valence-electron chi connectivity index (χ0n) is 11.5. The second kappa shape index (κ2) is 5.75. The van der Waals surface area contributed by atoms with Crippen LogP contribution in [0, 0.1) is 11.8 Å². The number of aliphatic carboxylic acids is 1. The highest BCUT2D eigenvalue weighted by Gasteiger charge is 2.37. The lowest BCUT2D eigenvalue weighted by Gasteiger charge is -2.33. The van der Waals surface area contributed by atoms with Crippen molar-refractivity contribution in [3.05, 3.63) is 0 Å². The third-order valence-corrected chi connectivity index (χ3v) is 3.97. The largest absolute Gasteiger partial charge is 0.481 e. The van der Waals surface area contributed by atoms with Gasteiger partial charge in [0.25, 0.3) is 0 Å². The van der Waals surface area contributed by atoms with Crippen LogP contribution in [0.4, 0.5) is 4.79 Å². The van der Waals surface area contributed by atoms with Crippen molar-refractivity contribution in [1.82, 2.24) is 20.2 Å². The van der Waals surface area contributed by atoms with Crippen LogP contribution in [0.25, 0.3) is 0 Å². The Balaban J connectivity index is 1.82. The molecule has 0 aromatic heterocycles. The molecule has 2 saturated heterocycles. The van der Waals surface area contributed by atoms with Gasteiger partial charge in [-0.3, -0.25) is 10.2 Å². The maximum Gasteiger partial charge on any atom is 0.331 e. The molecule has 0 saturated carbocycles. The highest BCUT2D eigenvalue weighted by molar-refractivity contribution is 5.77. The fourth-order valence-corrected chi connectivity index (χ4v) is 2.58. The number of piperazine rings is 1. The number of likely N-dealkylation sites (N-methyl/N-ethyl adjacent to an activating group) is 1. The predicted molar refractivity (Wildman–Crippen MR) is 69.5 cm³/mol. The molecule has 0 aromatic carbocycles. The number of carboxylic acids is 1. The summed E-state index contributed by atoms with van der Waals surface area (Å²) in [5.74, 6) is -1.25. The van der Waals surface area contributed by atoms with Gasteiger partial charge in [0.15, 0.2) is 0 Å². The van der Waals surface area contributed by atoms with Crippen molar-refractivity contribution >= 4 is 12.0 Å². The Morgan fingerprint density at radius 3 is 2.32 bits per heavy atom. The Morgan fingerprint density at radius 2 is 1.79 bits per heavy atom. The zero-order chi connectivity index (χ0) is 14.0. The summed E-state index contributed by atoms with van der Waals surface area (Å²) >= 11 is 0. The molecule has 2 atom stereocenters. The summed E-state index contributed by atoms with van der Waals surface area (Å²) < 4.78 is 0. The molecule has 0 spiro atoms. The zero-order valence-corrected chi connectivity index (χ0v) is 11.5. The SMILES string of the molecule is CC1CN(C(=O)NN2CCN(C)CC2)CC1C(=O)O. The summed E-state index contributed by atoms with van der Waals surface area (Å²) in [6.07, 6.45) is 0. The van der Waals surface area contributed by atoms with Crippen LogP contribution >= 0.6 is 0 Å². The first kappa shape index (κ1) is 14.1. The Morgan fingerprint density at radius 1 is 1.16 bits per heavy atom. The topological polar surface area (TPSA) is 76.1 Å². The number of hydrogen-bond donors (Lipinski definition) is 2. The van der Waals surface area contributed by atoms with Crippen molar-refractivity contribution in [3.8, 4) is 0 Å². The van der Waals surface area contributed by atoms with Gasteiger partial charge in [-0.25, -0.2) is 9.80 Å². The number of nitrogens with zero attached hydrogens (tertiary/aromatic N) is 3. The third kappa shape index (κ3) is 3.36. The molecule has 2 fully saturated rings. The number of carbonyl (C=O) groups is 2. The number of hydrogen-bond acceptors (Lipinski definition) is 4. The molecular formula is C12H22N4O3. The lowest BCUT2D eigenvalue weighted by atomic mass is 9.99. The average Bonchev–Trinajstić information content (AvgIpc) is 2.74. The van der Waals surface area contributed by atoms with Gasteiger partial charge in [-0.2, -0.15) is 0 Å². The van der Waals surface area contributed by atoms with Crippen LogP contribution < -0.4 is 5.43 Å². The van der Waals surface area contributed by atoms with Crippen LogP contribution in [0.5, 0.6) is 0 Å². The minimum absolute atomic E-state index is 0.00994. The summed E-state index contributed by atoms with van der Waals surface area (Å²) in [4.78, 5) is 26.9. The second-order valence-corrected chi connectivity index (χ2v) is 5.53. The number of rotatable bonds is 2. The van der Waals surface area contributed by atoms with Crippen LogP contribution in [0.3, 0.4) is 0 Å². The van der Waals surface area contributed by atoms with Crippen LogP contribution in [-0.4, -0.2) is 78.2 Å². The molecule has 19 heavy (non-hydrogen) atoms. The standard InChI is InChI=1S/C12H22N4O3/c1-9-7-15(8-10(9)11(17)18)12(19)13-16-5-3-14(2)4-6-16/h9-10H,3-8H2,1-2H3,(H,13,19)(H,17,18). The Labute approximate surface area is 113 Å². The van der Waals surface area contributed by atoms with Gasteiger partial charge in [0.05, 0.1) is 5.92 Å². The molecule has 2 aliphatic heterocycles. The third-order valence-electron chi connectivity index (χ3n) is 3.97. The molecule has 2 heterocycles. The molecule has 2 amide bonds. The van der Waals surface area contributed by atoms with E-state index in [-0.39, 0.29) is 11.9 Å². The summed E-state index contributed by atoms with van der Waals surface area (Å²) in [5, 5.41) is 11.0. The Hall–Kier alpha value is -1.34. The number of nitrogens with one attached hydrogen (secondary N) is 1. The van der Waals surface area contributed by atoms with Gasteiger partial charge >= 0.3 is 12.0 Å². The van der Waals surface area contributed by atoms with Gasteiger partial charge in [0.1, 0.15) is 0 Å². The molecule has 2 aliphatic rings. The number of hydrazine groups is 1. The number of carboxylic acid groups (broad SMARTS) is 1. The van der Waals surface area contributed by atoms with Crippen LogP contribution in [0.1, 0.15) is 6.92 Å². The van der Waals surface area contributed by atoms with Crippen molar-refractivity contribution in [2.75, 3.05) is 46.3 Å². The predicted octanol–water partition coefficient (Wildman–Crippen LogP) is -0.489. The lowest BCUT2D eigenvalue weighted by molar-refractivity contribution is -0.142. The fourth-order valence-electron chi connectivity index (χ4n) is 2.58. The van der Waals surface area contributed by atoms with E-state index in [9.17, 15) is 9.59 Å². The summed E-state index contributed by atoms with van der Waals surface area (Å²) in [6.45, 7) is 6.14. The van der Waals surface area contributed by atoms with Gasteiger partial charge in [0.2, 0.25) is 0 Å². The van der Waals surface area contributed by atoms with Gasteiger partial charge in [-0.15, -0.1) is 0 Å². The van der Waals surface area contributed by atoms with Crippen molar-refractivity contribution < 1.29 is 14.7 Å². The molecule has 108 valence electrons. The molecule has 7 heteroatoms. The van der Waals surface area contributed by atoms with Gasteiger partial charge in [0, 0.05) is 39.3 Å². The van der Waals surface area contributed by atoms with Crippen molar-refractivity contribution in [2.24, 2.45) is 11.8 Å². The van der Waals surface area contributed by atoms with E-state index in [0.717, 1.165) is 26.2 Å². The quantitative estimate of drug-likeness (QED) is 0.708. The molecular weight excluding hydrogens is 248 g/mol. The first-order valence-electron chi connectivity index (χ1n) is 6.69. The highest BCUT2D eigenvalue weighted by atomic mass is 16.4. The van der Waals surface area contributed by atoms with Gasteiger partial charge < -0.3 is 14.9 Å². The minimum Gasteiger partial charge on any atom is -0.481 e. The lowest BCUT2D eigenvalue weighted by Crippen LogP contribution is -2.55. The number of urea groups is 1. The van der Waals surface area contributed by atoms with E-state index in [1.807, 2.05) is 11.9 Å². The highest BCUT2D eigenvalue weighted by Crippen LogP contribution is 2.23. The van der Waals surface area contributed by atoms with E-state index < -0.39 is 11.9 Å². The average molecular weight is 270 g/mol. The maximum atomic E-state index is 12.1. The van der Waals surface area contributed by atoms with Crippen LogP contribution in [0.15, 0.2) is 0 Å². The summed E-state index contributed by atoms with van der Waals surface area (Å²) in [6, 6.07) is -0.180. The van der Waals surface area contributed by atoms with Crippen LogP contribution in [-0.2, 0) is 4.79 Å². The second-order valence-electron chi connectivity index (χ2n) is 5.53. The van der Waals surface area contributed by atoms with Crippen molar-refractivity contribution in [2.45, 2.75) is 6.92 Å². The Bertz CT molecular complexity index is 355. The van der Waals surface area contributed by atoms with E-state index in [0.29, 0.717) is 13.1 Å². The number of likely N-dealkylation sites (tertiary alicyclic amines) is 1. The van der Waals surface area contributed by atoms with E-state index in [2.05, 4.69) is 17.4 Å².